The summed E-state index contributed by atoms with van der Waals surface area (Å²) >= 11 is 0. The highest BCUT2D eigenvalue weighted by Gasteiger charge is 1.94. The van der Waals surface area contributed by atoms with Crippen molar-refractivity contribution in [2.24, 2.45) is 0 Å². The Hall–Kier alpha value is -1.96. The van der Waals surface area contributed by atoms with Crippen LogP contribution in [0, 0.1) is 0 Å². The SMILES string of the molecule is C1=COCC1.Oc1cccc2ccccc12. The van der Waals surface area contributed by atoms with E-state index in [1.165, 1.54) is 0 Å². The first kappa shape index (κ1) is 10.6. The molecule has 0 unspecified atom stereocenters. The number of phenolic OH excluding ortho intramolecular Hbond substituents is 1. The van der Waals surface area contributed by atoms with Crippen molar-refractivity contribution in [3.63, 3.8) is 0 Å². The molecule has 0 radical (unpaired) electrons. The maximum absolute atomic E-state index is 9.37. The monoisotopic (exact) mass is 214 g/mol. The molecule has 0 aromatic heterocycles. The summed E-state index contributed by atoms with van der Waals surface area (Å²) in [6, 6.07) is 13.3. The van der Waals surface area contributed by atoms with Crippen LogP contribution in [-0.4, -0.2) is 11.7 Å². The molecule has 0 saturated carbocycles. The zero-order chi connectivity index (χ0) is 11.2. The van der Waals surface area contributed by atoms with Gasteiger partial charge in [0, 0.05) is 11.8 Å². The van der Waals surface area contributed by atoms with E-state index in [4.69, 9.17) is 4.74 Å². The molecule has 2 aromatic rings. The predicted octanol–water partition coefficient (Wildman–Crippen LogP) is 3.47. The Morgan fingerprint density at radius 2 is 1.81 bits per heavy atom. The van der Waals surface area contributed by atoms with E-state index in [-0.39, 0.29) is 0 Å². The van der Waals surface area contributed by atoms with Crippen molar-refractivity contribution in [1.82, 2.24) is 0 Å². The van der Waals surface area contributed by atoms with Crippen LogP contribution in [0.5, 0.6) is 5.75 Å². The Bertz CT molecular complexity index is 478. The minimum Gasteiger partial charge on any atom is -0.507 e. The highest BCUT2D eigenvalue weighted by molar-refractivity contribution is 5.87. The Balaban J connectivity index is 0.000000162. The van der Waals surface area contributed by atoms with Crippen molar-refractivity contribution in [3.05, 3.63) is 54.8 Å². The fourth-order valence-corrected chi connectivity index (χ4v) is 1.55. The van der Waals surface area contributed by atoms with E-state index in [9.17, 15) is 5.11 Å². The van der Waals surface area contributed by atoms with Gasteiger partial charge in [-0.05, 0) is 17.5 Å². The summed E-state index contributed by atoms with van der Waals surface area (Å²) in [6.07, 6.45) is 4.85. The summed E-state index contributed by atoms with van der Waals surface area (Å²) in [6.45, 7) is 0.889. The van der Waals surface area contributed by atoms with Crippen molar-refractivity contribution < 1.29 is 9.84 Å². The second-order valence-corrected chi connectivity index (χ2v) is 3.53. The summed E-state index contributed by atoms with van der Waals surface area (Å²) in [7, 11) is 0. The van der Waals surface area contributed by atoms with Crippen LogP contribution in [0.1, 0.15) is 6.42 Å². The largest absolute Gasteiger partial charge is 0.507 e. The highest BCUT2D eigenvalue weighted by atomic mass is 16.5. The van der Waals surface area contributed by atoms with Gasteiger partial charge in [0.25, 0.3) is 0 Å². The van der Waals surface area contributed by atoms with Crippen molar-refractivity contribution in [2.75, 3.05) is 6.61 Å². The Kier molecular flexibility index (Phi) is 3.44. The molecule has 0 fully saturated rings. The fourth-order valence-electron chi connectivity index (χ4n) is 1.55. The topological polar surface area (TPSA) is 29.5 Å². The molecule has 2 nitrogen and oxygen atoms in total. The molecule has 16 heavy (non-hydrogen) atoms. The van der Waals surface area contributed by atoms with Gasteiger partial charge < -0.3 is 9.84 Å². The van der Waals surface area contributed by atoms with Crippen LogP contribution in [-0.2, 0) is 4.74 Å². The second-order valence-electron chi connectivity index (χ2n) is 3.53. The predicted molar refractivity (Wildman–Crippen MR) is 65.3 cm³/mol. The molecule has 3 rings (SSSR count). The van der Waals surface area contributed by atoms with Gasteiger partial charge in [0.05, 0.1) is 12.9 Å². The average molecular weight is 214 g/mol. The van der Waals surface area contributed by atoms with Crippen LogP contribution in [0.2, 0.25) is 0 Å². The summed E-state index contributed by atoms with van der Waals surface area (Å²) in [4.78, 5) is 0. The molecule has 1 aliphatic heterocycles. The Morgan fingerprint density at radius 3 is 2.44 bits per heavy atom. The van der Waals surface area contributed by atoms with E-state index in [0.29, 0.717) is 5.75 Å². The molecule has 1 heterocycles. The van der Waals surface area contributed by atoms with Crippen LogP contribution in [0.3, 0.4) is 0 Å². The molecule has 1 aliphatic rings. The van der Waals surface area contributed by atoms with Crippen LogP contribution in [0.4, 0.5) is 0 Å². The van der Waals surface area contributed by atoms with E-state index in [1.807, 2.05) is 42.5 Å². The molecule has 0 saturated heterocycles. The van der Waals surface area contributed by atoms with E-state index in [1.54, 1.807) is 12.3 Å². The van der Waals surface area contributed by atoms with E-state index in [0.717, 1.165) is 23.8 Å². The lowest BCUT2D eigenvalue weighted by atomic mass is 10.1. The van der Waals surface area contributed by atoms with Crippen molar-refractivity contribution in [1.29, 1.82) is 0 Å². The van der Waals surface area contributed by atoms with Crippen molar-refractivity contribution >= 4 is 10.8 Å². The van der Waals surface area contributed by atoms with Gasteiger partial charge in [0.15, 0.2) is 0 Å². The molecule has 0 spiro atoms. The summed E-state index contributed by atoms with van der Waals surface area (Å²) < 4.78 is 4.76. The van der Waals surface area contributed by atoms with Crippen LogP contribution in [0.25, 0.3) is 10.8 Å². The summed E-state index contributed by atoms with van der Waals surface area (Å²) in [5, 5.41) is 11.4. The number of benzene rings is 2. The van der Waals surface area contributed by atoms with Gasteiger partial charge in [-0.3, -0.25) is 0 Å². The van der Waals surface area contributed by atoms with Gasteiger partial charge in [-0.1, -0.05) is 36.4 Å². The first-order valence-electron chi connectivity index (χ1n) is 5.31. The number of fused-ring (bicyclic) bond motifs is 1. The second kappa shape index (κ2) is 5.21. The molecule has 1 N–H and O–H groups in total. The van der Waals surface area contributed by atoms with Gasteiger partial charge in [-0.25, -0.2) is 0 Å². The quantitative estimate of drug-likeness (QED) is 0.727. The minimum atomic E-state index is 0.350. The minimum absolute atomic E-state index is 0.350. The molecule has 82 valence electrons. The van der Waals surface area contributed by atoms with Crippen molar-refractivity contribution in [2.45, 2.75) is 6.42 Å². The Labute approximate surface area is 94.8 Å². The number of ether oxygens (including phenoxy) is 1. The third-order valence-electron chi connectivity index (χ3n) is 2.36. The molecule has 2 aromatic carbocycles. The number of phenols is 1. The van der Waals surface area contributed by atoms with Crippen LogP contribution < -0.4 is 0 Å². The number of aromatic hydroxyl groups is 1. The molecule has 2 heteroatoms. The normalized spacial score (nSPS) is 13.0. The number of hydrogen-bond donors (Lipinski definition) is 1. The molecule has 0 atom stereocenters. The third-order valence-corrected chi connectivity index (χ3v) is 2.36. The molecule has 0 amide bonds. The molecule has 0 bridgehead atoms. The lowest BCUT2D eigenvalue weighted by Gasteiger charge is -1.97. The van der Waals surface area contributed by atoms with Gasteiger partial charge >= 0.3 is 0 Å². The van der Waals surface area contributed by atoms with E-state index >= 15 is 0 Å². The van der Waals surface area contributed by atoms with Crippen LogP contribution in [0.15, 0.2) is 54.8 Å². The van der Waals surface area contributed by atoms with Crippen molar-refractivity contribution in [3.8, 4) is 5.75 Å². The lowest BCUT2D eigenvalue weighted by Crippen LogP contribution is -1.70. The first-order chi connectivity index (χ1) is 7.88. The lowest BCUT2D eigenvalue weighted by molar-refractivity contribution is 0.281. The molecule has 0 aliphatic carbocycles. The number of rotatable bonds is 0. The molecular weight excluding hydrogens is 200 g/mol. The van der Waals surface area contributed by atoms with Gasteiger partial charge in [-0.2, -0.15) is 0 Å². The fraction of sp³-hybridized carbons (Fsp3) is 0.143. The van der Waals surface area contributed by atoms with E-state index in [2.05, 4.69) is 0 Å². The average Bonchev–Trinajstić information content (AvgIpc) is 2.88. The van der Waals surface area contributed by atoms with Gasteiger partial charge in [0.1, 0.15) is 5.75 Å². The molecular formula is C14H14O2. The Morgan fingerprint density at radius 1 is 1.00 bits per heavy atom. The highest BCUT2D eigenvalue weighted by Crippen LogP contribution is 2.22. The summed E-state index contributed by atoms with van der Waals surface area (Å²) in [5.41, 5.74) is 0. The maximum atomic E-state index is 9.37. The van der Waals surface area contributed by atoms with E-state index < -0.39 is 0 Å². The van der Waals surface area contributed by atoms with Crippen LogP contribution >= 0.6 is 0 Å². The van der Waals surface area contributed by atoms with Gasteiger partial charge in [0.2, 0.25) is 0 Å². The maximum Gasteiger partial charge on any atom is 0.123 e. The third kappa shape index (κ3) is 2.54. The summed E-state index contributed by atoms with van der Waals surface area (Å²) in [5.74, 6) is 0.350. The van der Waals surface area contributed by atoms with Gasteiger partial charge in [-0.15, -0.1) is 0 Å². The zero-order valence-corrected chi connectivity index (χ0v) is 8.97. The smallest absolute Gasteiger partial charge is 0.123 e. The zero-order valence-electron chi connectivity index (χ0n) is 8.97. The standard InChI is InChI=1S/C10H8O.C4H6O/c11-10-7-3-5-8-4-1-2-6-9(8)10;1-2-4-5-3-1/h1-7,11H;1,3H,2,4H2. The first-order valence-corrected chi connectivity index (χ1v) is 5.31. The number of hydrogen-bond acceptors (Lipinski definition) is 2.